The van der Waals surface area contributed by atoms with Crippen LogP contribution in [0.4, 0.5) is 5.82 Å². The molecule has 0 bridgehead atoms. The summed E-state index contributed by atoms with van der Waals surface area (Å²) in [5.74, 6) is 0.752. The van der Waals surface area contributed by atoms with Crippen molar-refractivity contribution in [1.82, 2.24) is 15.1 Å². The standard InChI is InChI=1S/C12H16N4S/c13-12-7-10(11-4-2-6-17-11)15-16(12)8-9-3-1-5-14-9/h2,4,6-7,9,14H,1,3,5,8,13H2. The number of hydrogen-bond acceptors (Lipinski definition) is 4. The van der Waals surface area contributed by atoms with Gasteiger partial charge in [-0.05, 0) is 30.8 Å². The third-order valence-electron chi connectivity index (χ3n) is 3.14. The van der Waals surface area contributed by atoms with E-state index in [1.165, 1.54) is 17.7 Å². The van der Waals surface area contributed by atoms with Crippen LogP contribution in [-0.2, 0) is 6.54 Å². The second-order valence-electron chi connectivity index (χ2n) is 4.41. The molecule has 4 nitrogen and oxygen atoms in total. The Hall–Kier alpha value is -1.33. The summed E-state index contributed by atoms with van der Waals surface area (Å²) in [4.78, 5) is 1.18. The molecule has 5 heteroatoms. The summed E-state index contributed by atoms with van der Waals surface area (Å²) in [6, 6.07) is 6.59. The monoisotopic (exact) mass is 248 g/mol. The second-order valence-corrected chi connectivity index (χ2v) is 5.35. The quantitative estimate of drug-likeness (QED) is 0.873. The van der Waals surface area contributed by atoms with Crippen molar-refractivity contribution in [2.75, 3.05) is 12.3 Å². The van der Waals surface area contributed by atoms with Gasteiger partial charge in [0.2, 0.25) is 0 Å². The molecular weight excluding hydrogens is 232 g/mol. The molecule has 3 heterocycles. The van der Waals surface area contributed by atoms with Crippen LogP contribution < -0.4 is 11.1 Å². The Morgan fingerprint density at radius 3 is 3.24 bits per heavy atom. The molecule has 0 aromatic carbocycles. The Kier molecular flexibility index (Phi) is 2.86. The van der Waals surface area contributed by atoms with Gasteiger partial charge >= 0.3 is 0 Å². The lowest BCUT2D eigenvalue weighted by molar-refractivity contribution is 0.481. The molecule has 3 N–H and O–H groups in total. The molecule has 90 valence electrons. The van der Waals surface area contributed by atoms with Gasteiger partial charge in [0, 0.05) is 12.1 Å². The summed E-state index contributed by atoms with van der Waals surface area (Å²) < 4.78 is 1.91. The molecule has 17 heavy (non-hydrogen) atoms. The van der Waals surface area contributed by atoms with E-state index in [1.54, 1.807) is 11.3 Å². The summed E-state index contributed by atoms with van der Waals surface area (Å²) in [5, 5.41) is 10.1. The van der Waals surface area contributed by atoms with Crippen molar-refractivity contribution < 1.29 is 0 Å². The number of rotatable bonds is 3. The predicted octanol–water partition coefficient (Wildman–Crippen LogP) is 1.95. The maximum Gasteiger partial charge on any atom is 0.122 e. The Morgan fingerprint density at radius 2 is 2.53 bits per heavy atom. The molecule has 1 atom stereocenters. The first-order valence-electron chi connectivity index (χ1n) is 5.93. The SMILES string of the molecule is Nc1cc(-c2cccs2)nn1CC1CCCN1. The zero-order chi connectivity index (χ0) is 11.7. The van der Waals surface area contributed by atoms with E-state index in [2.05, 4.69) is 21.9 Å². The topological polar surface area (TPSA) is 55.9 Å². The smallest absolute Gasteiger partial charge is 0.122 e. The molecule has 0 saturated carbocycles. The molecular formula is C12H16N4S. The molecule has 1 aliphatic rings. The van der Waals surface area contributed by atoms with Gasteiger partial charge in [-0.2, -0.15) is 5.10 Å². The molecule has 0 aliphatic carbocycles. The Balaban J connectivity index is 1.80. The summed E-state index contributed by atoms with van der Waals surface area (Å²) in [6.45, 7) is 1.99. The van der Waals surface area contributed by atoms with E-state index < -0.39 is 0 Å². The molecule has 1 unspecified atom stereocenters. The highest BCUT2D eigenvalue weighted by Crippen LogP contribution is 2.25. The maximum absolute atomic E-state index is 6.00. The zero-order valence-electron chi connectivity index (χ0n) is 9.60. The van der Waals surface area contributed by atoms with Gasteiger partial charge in [0.05, 0.1) is 11.4 Å². The largest absolute Gasteiger partial charge is 0.384 e. The van der Waals surface area contributed by atoms with Crippen LogP contribution in [0, 0.1) is 0 Å². The van der Waals surface area contributed by atoms with Crippen LogP contribution in [0.15, 0.2) is 23.6 Å². The van der Waals surface area contributed by atoms with E-state index in [9.17, 15) is 0 Å². The van der Waals surface area contributed by atoms with Crippen molar-refractivity contribution in [2.45, 2.75) is 25.4 Å². The highest BCUT2D eigenvalue weighted by molar-refractivity contribution is 7.13. The number of nitrogens with one attached hydrogen (secondary N) is 1. The van der Waals surface area contributed by atoms with Gasteiger partial charge in [0.1, 0.15) is 11.5 Å². The summed E-state index contributed by atoms with van der Waals surface area (Å²) in [5.41, 5.74) is 6.98. The fourth-order valence-electron chi connectivity index (χ4n) is 2.24. The third-order valence-corrected chi connectivity index (χ3v) is 4.03. The van der Waals surface area contributed by atoms with Crippen LogP contribution in [0.2, 0.25) is 0 Å². The fourth-order valence-corrected chi connectivity index (χ4v) is 2.92. The van der Waals surface area contributed by atoms with Crippen molar-refractivity contribution in [3.63, 3.8) is 0 Å². The van der Waals surface area contributed by atoms with Crippen LogP contribution >= 0.6 is 11.3 Å². The van der Waals surface area contributed by atoms with Crippen LogP contribution in [0.1, 0.15) is 12.8 Å². The molecule has 2 aromatic rings. The van der Waals surface area contributed by atoms with Crippen molar-refractivity contribution in [1.29, 1.82) is 0 Å². The number of anilines is 1. The van der Waals surface area contributed by atoms with Gasteiger partial charge in [-0.3, -0.25) is 0 Å². The number of nitrogens with zero attached hydrogens (tertiary/aromatic N) is 2. The zero-order valence-corrected chi connectivity index (χ0v) is 10.4. The molecule has 0 radical (unpaired) electrons. The van der Waals surface area contributed by atoms with Crippen molar-refractivity contribution in [2.24, 2.45) is 0 Å². The van der Waals surface area contributed by atoms with Crippen molar-refractivity contribution in [3.05, 3.63) is 23.6 Å². The summed E-state index contributed by atoms with van der Waals surface area (Å²) in [7, 11) is 0. The lowest BCUT2D eigenvalue weighted by Crippen LogP contribution is -2.27. The van der Waals surface area contributed by atoms with Crippen LogP contribution in [0.25, 0.3) is 10.6 Å². The van der Waals surface area contributed by atoms with E-state index in [1.807, 2.05) is 16.8 Å². The maximum atomic E-state index is 6.00. The molecule has 1 saturated heterocycles. The Bertz CT molecular complexity index is 483. The van der Waals surface area contributed by atoms with Gasteiger partial charge in [-0.15, -0.1) is 11.3 Å². The Labute approximate surface area is 104 Å². The second kappa shape index (κ2) is 4.50. The van der Waals surface area contributed by atoms with Gasteiger partial charge in [-0.1, -0.05) is 6.07 Å². The predicted molar refractivity (Wildman–Crippen MR) is 71.0 cm³/mol. The number of nitrogens with two attached hydrogens (primary N) is 1. The fraction of sp³-hybridized carbons (Fsp3) is 0.417. The average molecular weight is 248 g/mol. The van der Waals surface area contributed by atoms with Crippen molar-refractivity contribution >= 4 is 17.2 Å². The minimum absolute atomic E-state index is 0.522. The summed E-state index contributed by atoms with van der Waals surface area (Å²) >= 11 is 1.69. The van der Waals surface area contributed by atoms with Gasteiger partial charge in [0.25, 0.3) is 0 Å². The minimum Gasteiger partial charge on any atom is -0.384 e. The van der Waals surface area contributed by atoms with Crippen LogP contribution in [-0.4, -0.2) is 22.4 Å². The number of nitrogen functional groups attached to an aromatic ring is 1. The number of hydrogen-bond donors (Lipinski definition) is 2. The minimum atomic E-state index is 0.522. The van der Waals surface area contributed by atoms with Gasteiger partial charge in [0.15, 0.2) is 0 Å². The first-order valence-corrected chi connectivity index (χ1v) is 6.81. The highest BCUT2D eigenvalue weighted by Gasteiger charge is 2.17. The van der Waals surface area contributed by atoms with Gasteiger partial charge in [-0.25, -0.2) is 4.68 Å². The van der Waals surface area contributed by atoms with E-state index >= 15 is 0 Å². The van der Waals surface area contributed by atoms with E-state index in [0.29, 0.717) is 6.04 Å². The van der Waals surface area contributed by atoms with Gasteiger partial charge < -0.3 is 11.1 Å². The Morgan fingerprint density at radius 1 is 1.59 bits per heavy atom. The van der Waals surface area contributed by atoms with Crippen molar-refractivity contribution in [3.8, 4) is 10.6 Å². The molecule has 0 amide bonds. The first-order chi connectivity index (χ1) is 8.33. The lowest BCUT2D eigenvalue weighted by Gasteiger charge is -2.10. The van der Waals surface area contributed by atoms with E-state index in [4.69, 9.17) is 5.73 Å². The van der Waals surface area contributed by atoms with E-state index in [-0.39, 0.29) is 0 Å². The molecule has 2 aromatic heterocycles. The number of thiophene rings is 1. The number of aromatic nitrogens is 2. The molecule has 1 fully saturated rings. The molecule has 0 spiro atoms. The summed E-state index contributed by atoms with van der Waals surface area (Å²) in [6.07, 6.45) is 2.47. The van der Waals surface area contributed by atoms with Crippen LogP contribution in [0.3, 0.4) is 0 Å². The highest BCUT2D eigenvalue weighted by atomic mass is 32.1. The first kappa shape index (κ1) is 10.8. The third kappa shape index (κ3) is 2.21. The van der Waals surface area contributed by atoms with E-state index in [0.717, 1.165) is 24.6 Å². The normalized spacial score (nSPS) is 19.9. The van der Waals surface area contributed by atoms with Crippen LogP contribution in [0.5, 0.6) is 0 Å². The lowest BCUT2D eigenvalue weighted by atomic mass is 10.2. The molecule has 1 aliphatic heterocycles. The average Bonchev–Trinajstić information content (AvgIpc) is 3.02. The molecule has 3 rings (SSSR count).